The van der Waals surface area contributed by atoms with Gasteiger partial charge in [-0.2, -0.15) is 0 Å². The van der Waals surface area contributed by atoms with Gasteiger partial charge >= 0.3 is 0 Å². The lowest BCUT2D eigenvalue weighted by Gasteiger charge is -2.32. The molecule has 27 heavy (non-hydrogen) atoms. The molecule has 0 aliphatic carbocycles. The van der Waals surface area contributed by atoms with Crippen molar-refractivity contribution in [1.29, 1.82) is 0 Å². The lowest BCUT2D eigenvalue weighted by atomic mass is 9.92. The van der Waals surface area contributed by atoms with Crippen molar-refractivity contribution in [3.8, 4) is 0 Å². The molecular formula is C21H24BrN3OS. The van der Waals surface area contributed by atoms with Crippen molar-refractivity contribution in [2.24, 2.45) is 5.92 Å². The summed E-state index contributed by atoms with van der Waals surface area (Å²) in [7, 11) is 0. The Morgan fingerprint density at radius 2 is 1.96 bits per heavy atom. The number of hydrogen-bond acceptors (Lipinski definition) is 4. The van der Waals surface area contributed by atoms with E-state index in [1.54, 1.807) is 12.3 Å². The van der Waals surface area contributed by atoms with Gasteiger partial charge in [0.05, 0.1) is 14.8 Å². The molecule has 1 aliphatic heterocycles. The highest BCUT2D eigenvalue weighted by molar-refractivity contribution is 9.11. The first-order valence-electron chi connectivity index (χ1n) is 9.60. The number of aryl methyl sites for hydroxylation is 1. The van der Waals surface area contributed by atoms with E-state index in [1.165, 1.54) is 34.3 Å². The fraction of sp³-hybridized carbons (Fsp3) is 0.429. The van der Waals surface area contributed by atoms with Gasteiger partial charge in [-0.3, -0.25) is 9.78 Å². The third-order valence-electron chi connectivity index (χ3n) is 5.53. The molecule has 4 rings (SSSR count). The molecule has 1 saturated heterocycles. The molecule has 3 aromatic rings. The molecule has 3 aromatic heterocycles. The van der Waals surface area contributed by atoms with Crippen molar-refractivity contribution in [1.82, 2.24) is 14.5 Å². The normalized spacial score (nSPS) is 16.2. The Morgan fingerprint density at radius 1 is 1.11 bits per heavy atom. The molecule has 0 aromatic carbocycles. The summed E-state index contributed by atoms with van der Waals surface area (Å²) < 4.78 is 3.09. The van der Waals surface area contributed by atoms with Crippen LogP contribution in [0, 0.1) is 5.92 Å². The first kappa shape index (κ1) is 18.8. The maximum absolute atomic E-state index is 12.3. The average Bonchev–Trinajstić information content (AvgIpc) is 3.12. The number of hydrogen-bond donors (Lipinski definition) is 0. The quantitative estimate of drug-likeness (QED) is 0.557. The largest absolute Gasteiger partial charge is 0.305 e. The van der Waals surface area contributed by atoms with Gasteiger partial charge in [0.15, 0.2) is 0 Å². The fourth-order valence-corrected chi connectivity index (χ4v) is 5.43. The minimum Gasteiger partial charge on any atom is -0.305 e. The van der Waals surface area contributed by atoms with Crippen LogP contribution in [0.25, 0.3) is 11.0 Å². The van der Waals surface area contributed by atoms with Crippen LogP contribution in [-0.2, 0) is 13.0 Å². The highest BCUT2D eigenvalue weighted by Crippen LogP contribution is 2.27. The van der Waals surface area contributed by atoms with Gasteiger partial charge in [-0.05, 0) is 91.0 Å². The van der Waals surface area contributed by atoms with Gasteiger partial charge < -0.3 is 9.47 Å². The minimum atomic E-state index is 0.0625. The Hall–Kier alpha value is -1.50. The molecule has 0 unspecified atom stereocenters. The van der Waals surface area contributed by atoms with Crippen LogP contribution in [0.15, 0.2) is 51.2 Å². The monoisotopic (exact) mass is 445 g/mol. The minimum absolute atomic E-state index is 0.0625. The zero-order valence-electron chi connectivity index (χ0n) is 15.3. The molecular weight excluding hydrogens is 422 g/mol. The molecule has 0 bridgehead atoms. The topological polar surface area (TPSA) is 38.1 Å². The Kier molecular flexibility index (Phi) is 6.05. The van der Waals surface area contributed by atoms with Crippen molar-refractivity contribution in [3.63, 3.8) is 0 Å². The maximum Gasteiger partial charge on any atom is 0.251 e. The number of halogens is 1. The maximum atomic E-state index is 12.3. The molecule has 0 N–H and O–H groups in total. The SMILES string of the molecule is O=c1ccc2ncccc2n1CCN1CCC(CCc2ccc(Br)s2)CC1. The summed E-state index contributed by atoms with van der Waals surface area (Å²) >= 11 is 5.40. The van der Waals surface area contributed by atoms with E-state index in [-0.39, 0.29) is 5.56 Å². The van der Waals surface area contributed by atoms with Crippen LogP contribution in [-0.4, -0.2) is 34.1 Å². The highest BCUT2D eigenvalue weighted by atomic mass is 79.9. The predicted molar refractivity (Wildman–Crippen MR) is 116 cm³/mol. The summed E-state index contributed by atoms with van der Waals surface area (Å²) in [6.07, 6.45) is 6.78. The second kappa shape index (κ2) is 8.67. The van der Waals surface area contributed by atoms with E-state index in [0.717, 1.165) is 43.1 Å². The average molecular weight is 446 g/mol. The van der Waals surface area contributed by atoms with Gasteiger partial charge in [-0.15, -0.1) is 11.3 Å². The van der Waals surface area contributed by atoms with E-state index in [2.05, 4.69) is 37.9 Å². The summed E-state index contributed by atoms with van der Waals surface area (Å²) in [5.41, 5.74) is 1.88. The number of pyridine rings is 2. The van der Waals surface area contributed by atoms with Crippen LogP contribution in [0.3, 0.4) is 0 Å². The zero-order chi connectivity index (χ0) is 18.6. The van der Waals surface area contributed by atoms with Crippen LogP contribution in [0.2, 0.25) is 0 Å². The molecule has 4 heterocycles. The number of piperidine rings is 1. The molecule has 4 nitrogen and oxygen atoms in total. The van der Waals surface area contributed by atoms with Crippen molar-refractivity contribution in [2.45, 2.75) is 32.2 Å². The Labute approximate surface area is 172 Å². The van der Waals surface area contributed by atoms with Crippen molar-refractivity contribution in [2.75, 3.05) is 19.6 Å². The summed E-state index contributed by atoms with van der Waals surface area (Å²) in [4.78, 5) is 20.6. The van der Waals surface area contributed by atoms with Gasteiger partial charge in [0.25, 0.3) is 5.56 Å². The second-order valence-corrected chi connectivity index (χ2v) is 9.81. The molecule has 0 amide bonds. The molecule has 0 spiro atoms. The molecule has 142 valence electrons. The molecule has 0 radical (unpaired) electrons. The number of nitrogens with zero attached hydrogens (tertiary/aromatic N) is 3. The summed E-state index contributed by atoms with van der Waals surface area (Å²) in [5, 5.41) is 0. The van der Waals surface area contributed by atoms with Crippen LogP contribution in [0.4, 0.5) is 0 Å². The number of rotatable bonds is 6. The van der Waals surface area contributed by atoms with Gasteiger partial charge in [0, 0.05) is 30.2 Å². The van der Waals surface area contributed by atoms with E-state index < -0.39 is 0 Å². The molecule has 1 aliphatic rings. The number of thiophene rings is 1. The summed E-state index contributed by atoms with van der Waals surface area (Å²) in [5.74, 6) is 0.826. The standard InChI is InChI=1S/C21H24BrN3OS/c22-20-7-5-17(27-20)4-3-16-9-12-24(13-10-16)14-15-25-19-2-1-11-23-18(19)6-8-21(25)26/h1-2,5-8,11,16H,3-4,9-10,12-15H2. The van der Waals surface area contributed by atoms with Crippen LogP contribution in [0.5, 0.6) is 0 Å². The van der Waals surface area contributed by atoms with Crippen LogP contribution < -0.4 is 5.56 Å². The second-order valence-electron chi connectivity index (χ2n) is 7.26. The molecule has 0 saturated carbocycles. The first-order valence-corrected chi connectivity index (χ1v) is 11.2. The van der Waals surface area contributed by atoms with Crippen molar-refractivity contribution < 1.29 is 0 Å². The first-order chi connectivity index (χ1) is 13.2. The number of fused-ring (bicyclic) bond motifs is 1. The van der Waals surface area contributed by atoms with E-state index in [1.807, 2.05) is 34.1 Å². The molecule has 1 fully saturated rings. The Bertz CT molecular complexity index is 959. The third kappa shape index (κ3) is 4.68. The van der Waals surface area contributed by atoms with Crippen LogP contribution in [0.1, 0.15) is 24.1 Å². The Balaban J connectivity index is 1.29. The molecule has 6 heteroatoms. The lowest BCUT2D eigenvalue weighted by molar-refractivity contribution is 0.174. The third-order valence-corrected chi connectivity index (χ3v) is 7.22. The van der Waals surface area contributed by atoms with Crippen LogP contribution >= 0.6 is 27.3 Å². The summed E-state index contributed by atoms with van der Waals surface area (Å²) in [6, 6.07) is 11.7. The van der Waals surface area contributed by atoms with E-state index in [0.29, 0.717) is 0 Å². The van der Waals surface area contributed by atoms with E-state index in [4.69, 9.17) is 0 Å². The highest BCUT2D eigenvalue weighted by Gasteiger charge is 2.19. The number of aromatic nitrogens is 2. The number of likely N-dealkylation sites (tertiary alicyclic amines) is 1. The van der Waals surface area contributed by atoms with E-state index >= 15 is 0 Å². The Morgan fingerprint density at radius 3 is 2.74 bits per heavy atom. The van der Waals surface area contributed by atoms with Gasteiger partial charge in [0.1, 0.15) is 0 Å². The van der Waals surface area contributed by atoms with Gasteiger partial charge in [-0.25, -0.2) is 0 Å². The fourth-order valence-electron chi connectivity index (χ4n) is 3.93. The van der Waals surface area contributed by atoms with Crippen molar-refractivity contribution in [3.05, 3.63) is 61.6 Å². The van der Waals surface area contributed by atoms with Gasteiger partial charge in [0.2, 0.25) is 0 Å². The zero-order valence-corrected chi connectivity index (χ0v) is 17.7. The molecule has 0 atom stereocenters. The van der Waals surface area contributed by atoms with Gasteiger partial charge in [-0.1, -0.05) is 0 Å². The lowest BCUT2D eigenvalue weighted by Crippen LogP contribution is -2.37. The van der Waals surface area contributed by atoms with Crippen molar-refractivity contribution >= 4 is 38.3 Å². The predicted octanol–water partition coefficient (Wildman–Crippen LogP) is 4.57. The smallest absolute Gasteiger partial charge is 0.251 e. The van der Waals surface area contributed by atoms with E-state index in [9.17, 15) is 4.79 Å². The summed E-state index contributed by atoms with van der Waals surface area (Å²) in [6.45, 7) is 3.93.